The van der Waals surface area contributed by atoms with Gasteiger partial charge in [0.1, 0.15) is 5.82 Å². The molecule has 0 spiro atoms. The van der Waals surface area contributed by atoms with Gasteiger partial charge in [-0.25, -0.2) is 4.39 Å². The molecule has 2 N–H and O–H groups in total. The number of carbonyl (C=O) groups is 1. The first-order chi connectivity index (χ1) is 11.6. The Morgan fingerprint density at radius 2 is 2.04 bits per heavy atom. The number of rotatable bonds is 8. The van der Waals surface area contributed by atoms with Crippen LogP contribution in [0.3, 0.4) is 0 Å². The van der Waals surface area contributed by atoms with Gasteiger partial charge in [0.15, 0.2) is 5.96 Å². The van der Waals surface area contributed by atoms with Gasteiger partial charge in [-0.05, 0) is 43.0 Å². The molecule has 140 valence electrons. The molecule has 8 heteroatoms. The van der Waals surface area contributed by atoms with Crippen molar-refractivity contribution in [3.05, 3.63) is 30.1 Å². The van der Waals surface area contributed by atoms with Crippen molar-refractivity contribution in [3.8, 4) is 0 Å². The van der Waals surface area contributed by atoms with Crippen molar-refractivity contribution in [1.29, 1.82) is 0 Å². The molecule has 2 rings (SSSR count). The second-order valence-corrected chi connectivity index (χ2v) is 5.90. The largest absolute Gasteiger partial charge is 0.379 e. The van der Waals surface area contributed by atoms with Crippen molar-refractivity contribution in [1.82, 2.24) is 10.2 Å². The standard InChI is InChI=1S/C17H25FN4O2.HI/c1-19-17(22(2)9-10-24-12-13-3-4-13)20-11-16(23)21-15-7-5-14(18)6-8-15;/h5-8,13H,3-4,9-12H2,1-2H3,(H,19,20)(H,21,23);1H. The minimum Gasteiger partial charge on any atom is -0.379 e. The highest BCUT2D eigenvalue weighted by Gasteiger charge is 2.21. The molecular weight excluding hydrogens is 438 g/mol. The van der Waals surface area contributed by atoms with Crippen LogP contribution in [-0.4, -0.2) is 57.2 Å². The number of nitrogens with one attached hydrogen (secondary N) is 2. The molecule has 1 aromatic carbocycles. The summed E-state index contributed by atoms with van der Waals surface area (Å²) in [6, 6.07) is 5.64. The van der Waals surface area contributed by atoms with Crippen LogP contribution in [0, 0.1) is 11.7 Å². The minimum absolute atomic E-state index is 0. The number of hydrogen-bond donors (Lipinski definition) is 2. The average Bonchev–Trinajstić information content (AvgIpc) is 3.38. The highest BCUT2D eigenvalue weighted by Crippen LogP contribution is 2.28. The normalized spacial score (nSPS) is 13.8. The summed E-state index contributed by atoms with van der Waals surface area (Å²) in [5.41, 5.74) is 0.556. The van der Waals surface area contributed by atoms with E-state index < -0.39 is 0 Å². The Hall–Kier alpha value is -1.42. The lowest BCUT2D eigenvalue weighted by Crippen LogP contribution is -2.43. The summed E-state index contributed by atoms with van der Waals surface area (Å²) >= 11 is 0. The molecule has 0 aliphatic heterocycles. The van der Waals surface area contributed by atoms with Gasteiger partial charge >= 0.3 is 0 Å². The smallest absolute Gasteiger partial charge is 0.243 e. The lowest BCUT2D eigenvalue weighted by Gasteiger charge is -2.21. The molecule has 0 aromatic heterocycles. The van der Waals surface area contributed by atoms with E-state index in [9.17, 15) is 9.18 Å². The first-order valence-corrected chi connectivity index (χ1v) is 8.13. The van der Waals surface area contributed by atoms with Crippen LogP contribution in [0.4, 0.5) is 10.1 Å². The van der Waals surface area contributed by atoms with Crippen LogP contribution in [0.1, 0.15) is 12.8 Å². The summed E-state index contributed by atoms with van der Waals surface area (Å²) in [7, 11) is 3.56. The van der Waals surface area contributed by atoms with Crippen molar-refractivity contribution >= 4 is 41.5 Å². The van der Waals surface area contributed by atoms with Crippen LogP contribution < -0.4 is 10.6 Å². The molecule has 1 aliphatic carbocycles. The minimum atomic E-state index is -0.336. The van der Waals surface area contributed by atoms with Gasteiger partial charge in [0, 0.05) is 32.9 Å². The molecule has 0 unspecified atom stereocenters. The van der Waals surface area contributed by atoms with Crippen molar-refractivity contribution in [3.63, 3.8) is 0 Å². The fourth-order valence-electron chi connectivity index (χ4n) is 2.12. The SMILES string of the molecule is CN=C(NCC(=O)Nc1ccc(F)cc1)N(C)CCOCC1CC1.I. The molecule has 1 aliphatic rings. The van der Waals surface area contributed by atoms with E-state index in [2.05, 4.69) is 15.6 Å². The number of ether oxygens (including phenoxy) is 1. The second kappa shape index (κ2) is 11.2. The summed E-state index contributed by atoms with van der Waals surface area (Å²) in [5.74, 6) is 0.820. The third-order valence-corrected chi connectivity index (χ3v) is 3.73. The fraction of sp³-hybridized carbons (Fsp3) is 0.529. The van der Waals surface area contributed by atoms with Crippen LogP contribution in [0.15, 0.2) is 29.3 Å². The Morgan fingerprint density at radius 1 is 1.36 bits per heavy atom. The molecule has 0 radical (unpaired) electrons. The third kappa shape index (κ3) is 8.48. The molecule has 1 aromatic rings. The highest BCUT2D eigenvalue weighted by molar-refractivity contribution is 14.0. The van der Waals surface area contributed by atoms with E-state index in [-0.39, 0.29) is 42.2 Å². The Balaban J connectivity index is 0.00000312. The van der Waals surface area contributed by atoms with E-state index in [1.165, 1.54) is 37.1 Å². The van der Waals surface area contributed by atoms with E-state index in [0.717, 1.165) is 12.5 Å². The fourth-order valence-corrected chi connectivity index (χ4v) is 2.12. The molecule has 1 fully saturated rings. The van der Waals surface area contributed by atoms with Crippen molar-refractivity contribution in [2.24, 2.45) is 10.9 Å². The Labute approximate surface area is 165 Å². The summed E-state index contributed by atoms with van der Waals surface area (Å²) in [5, 5.41) is 5.69. The maximum absolute atomic E-state index is 12.8. The average molecular weight is 464 g/mol. The Morgan fingerprint density at radius 3 is 2.64 bits per heavy atom. The zero-order chi connectivity index (χ0) is 17.4. The molecule has 0 atom stereocenters. The third-order valence-electron chi connectivity index (χ3n) is 3.73. The Bertz CT molecular complexity index is 564. The predicted octanol–water partition coefficient (Wildman–Crippen LogP) is 2.32. The summed E-state index contributed by atoms with van der Waals surface area (Å²) < 4.78 is 18.4. The molecule has 0 saturated heterocycles. The first kappa shape index (κ1) is 21.6. The maximum atomic E-state index is 12.8. The zero-order valence-electron chi connectivity index (χ0n) is 14.6. The highest BCUT2D eigenvalue weighted by atomic mass is 127. The lowest BCUT2D eigenvalue weighted by molar-refractivity contribution is -0.115. The molecule has 1 saturated carbocycles. The van der Waals surface area contributed by atoms with Crippen LogP contribution in [0.25, 0.3) is 0 Å². The van der Waals surface area contributed by atoms with Gasteiger partial charge in [0.2, 0.25) is 5.91 Å². The zero-order valence-corrected chi connectivity index (χ0v) is 17.0. The number of guanidine groups is 1. The number of nitrogens with zero attached hydrogens (tertiary/aromatic N) is 2. The van der Waals surface area contributed by atoms with Gasteiger partial charge in [-0.3, -0.25) is 9.79 Å². The molecular formula is C17H26FIN4O2. The van der Waals surface area contributed by atoms with Crippen LogP contribution in [0.5, 0.6) is 0 Å². The quantitative estimate of drug-likeness (QED) is 0.268. The van der Waals surface area contributed by atoms with Crippen molar-refractivity contribution in [2.75, 3.05) is 45.7 Å². The number of likely N-dealkylation sites (N-methyl/N-ethyl adjacent to an activating group) is 1. The van der Waals surface area contributed by atoms with Gasteiger partial charge in [0.05, 0.1) is 13.2 Å². The molecule has 6 nitrogen and oxygen atoms in total. The van der Waals surface area contributed by atoms with Gasteiger partial charge in [0.25, 0.3) is 0 Å². The summed E-state index contributed by atoms with van der Waals surface area (Å²) in [6.07, 6.45) is 2.56. The van der Waals surface area contributed by atoms with Crippen molar-refractivity contribution < 1.29 is 13.9 Å². The van der Waals surface area contributed by atoms with E-state index in [4.69, 9.17) is 4.74 Å². The van der Waals surface area contributed by atoms with Gasteiger partial charge in [-0.1, -0.05) is 0 Å². The molecule has 0 bridgehead atoms. The lowest BCUT2D eigenvalue weighted by atomic mass is 10.3. The number of halogens is 2. The van der Waals surface area contributed by atoms with Gasteiger partial charge < -0.3 is 20.3 Å². The number of aliphatic imine (C=N–C) groups is 1. The second-order valence-electron chi connectivity index (χ2n) is 5.90. The summed E-state index contributed by atoms with van der Waals surface area (Å²) in [6.45, 7) is 2.25. The molecule has 25 heavy (non-hydrogen) atoms. The van der Waals surface area contributed by atoms with E-state index in [0.29, 0.717) is 24.8 Å². The van der Waals surface area contributed by atoms with Crippen LogP contribution in [0.2, 0.25) is 0 Å². The number of anilines is 1. The molecule has 1 amide bonds. The van der Waals surface area contributed by atoms with Gasteiger partial charge in [-0.15, -0.1) is 24.0 Å². The number of benzene rings is 1. The number of amides is 1. The topological polar surface area (TPSA) is 66.0 Å². The number of hydrogen-bond acceptors (Lipinski definition) is 3. The van der Waals surface area contributed by atoms with Crippen molar-refractivity contribution in [2.45, 2.75) is 12.8 Å². The summed E-state index contributed by atoms with van der Waals surface area (Å²) in [4.78, 5) is 18.0. The van der Waals surface area contributed by atoms with Crippen LogP contribution >= 0.6 is 24.0 Å². The maximum Gasteiger partial charge on any atom is 0.243 e. The van der Waals surface area contributed by atoms with Gasteiger partial charge in [-0.2, -0.15) is 0 Å². The van der Waals surface area contributed by atoms with Crippen LogP contribution in [-0.2, 0) is 9.53 Å². The predicted molar refractivity (Wildman–Crippen MR) is 108 cm³/mol. The Kier molecular flexibility index (Phi) is 9.73. The van der Waals surface area contributed by atoms with E-state index in [1.807, 2.05) is 11.9 Å². The molecule has 0 heterocycles. The first-order valence-electron chi connectivity index (χ1n) is 8.13. The monoisotopic (exact) mass is 464 g/mol. The van der Waals surface area contributed by atoms with E-state index in [1.54, 1.807) is 7.05 Å². The van der Waals surface area contributed by atoms with E-state index >= 15 is 0 Å². The number of carbonyl (C=O) groups excluding carboxylic acids is 1.